The fourth-order valence-electron chi connectivity index (χ4n) is 12.2. The van der Waals surface area contributed by atoms with Crippen molar-refractivity contribution in [3.8, 4) is 0 Å². The van der Waals surface area contributed by atoms with E-state index in [1.165, 1.54) is 154 Å². The van der Waals surface area contributed by atoms with Gasteiger partial charge in [0.15, 0.2) is 12.6 Å². The standard InChI is InChI=1S/C86H145NO13/c1-3-5-7-9-11-13-15-17-19-21-23-25-27-29-31-32-33-34-35-36-37-38-39-40-41-42-44-46-48-50-52-54-56-58-60-62-64-66-68-70-78(91)87-74(73-97-85-83(96)81(94)84(77(72-89)99-85)100-86-82(95)80(93)79(92)76(71-88)98-86)75(90)69-67-65-63-61-59-57-55-53-51-49-47-45-43-30-28-26-24-22-20-18-16-14-12-10-8-6-4-2/h5,7,11,13,17,19,23,25,29,31,33-34,36-37,39-40,42,44,51,53,59,61,67,69,74-77,79-86,88-90,92-96H,3-4,6,8-10,12,14-16,18,20-22,24,26-28,30,32,35,38,41,43,45-50,52,54-58,60,62-66,68,70-73H2,1-2H3,(H,87,91)/b7-5-,13-11-,19-17-,25-23-,31-29-,34-33-,37-36-,40-39-,44-42-,53-51+,61-59+,69-67+. The van der Waals surface area contributed by atoms with E-state index in [1.807, 2.05) is 6.08 Å². The highest BCUT2D eigenvalue weighted by molar-refractivity contribution is 5.76. The van der Waals surface area contributed by atoms with E-state index in [2.05, 4.69) is 153 Å². The topological polar surface area (TPSA) is 228 Å². The highest BCUT2D eigenvalue weighted by atomic mass is 16.7. The molecule has 14 heteroatoms. The first-order valence-electron chi connectivity index (χ1n) is 40.1. The number of carbonyl (C=O) groups excluding carboxylic acids is 1. The zero-order chi connectivity index (χ0) is 72.2. The molecular formula is C86H145NO13. The van der Waals surface area contributed by atoms with Crippen LogP contribution >= 0.6 is 0 Å². The Hall–Kier alpha value is -4.13. The van der Waals surface area contributed by atoms with Crippen LogP contribution in [0.4, 0.5) is 0 Å². The van der Waals surface area contributed by atoms with Crippen LogP contribution in [-0.4, -0.2) is 140 Å². The van der Waals surface area contributed by atoms with Crippen molar-refractivity contribution in [2.24, 2.45) is 0 Å². The van der Waals surface area contributed by atoms with Crippen LogP contribution in [0.25, 0.3) is 0 Å². The Bertz CT molecular complexity index is 2250. The van der Waals surface area contributed by atoms with Crippen molar-refractivity contribution < 1.29 is 64.6 Å². The first kappa shape index (κ1) is 92.0. The second-order valence-electron chi connectivity index (χ2n) is 27.4. The maximum Gasteiger partial charge on any atom is 0.220 e. The SMILES string of the molecule is CC/C=C\C/C=C\C/C=C\C/C=C\C/C=C\C/C=C\C/C=C\C/C=C\C/C=C\CCCCCCCCCCCCCC(=O)NC(COC1OC(CO)C(OC2OC(CO)C(O)C(O)C2O)C(O)C1O)C(O)/C=C/CC/C=C/CC/C=C/CCCCCCCCCCCCCCCCCCC. The minimum absolute atomic E-state index is 0.258. The molecule has 14 nitrogen and oxygen atoms in total. The molecule has 0 aromatic rings. The normalized spacial score (nSPS) is 22.7. The third kappa shape index (κ3) is 50.3. The Kier molecular flexibility index (Phi) is 62.5. The lowest BCUT2D eigenvalue weighted by Gasteiger charge is -2.46. The molecule has 1 amide bonds. The fourth-order valence-corrected chi connectivity index (χ4v) is 12.2. The lowest BCUT2D eigenvalue weighted by Crippen LogP contribution is -2.65. The van der Waals surface area contributed by atoms with Crippen molar-refractivity contribution in [3.05, 3.63) is 146 Å². The predicted octanol–water partition coefficient (Wildman–Crippen LogP) is 18.4. The van der Waals surface area contributed by atoms with Gasteiger partial charge in [-0.25, -0.2) is 0 Å². The van der Waals surface area contributed by atoms with Gasteiger partial charge in [0.2, 0.25) is 5.91 Å². The summed E-state index contributed by atoms with van der Waals surface area (Å²) in [5.74, 6) is -0.260. The molecule has 0 aromatic heterocycles. The molecule has 2 heterocycles. The number of unbranched alkanes of at least 4 members (excludes halogenated alkanes) is 30. The largest absolute Gasteiger partial charge is 0.394 e. The second-order valence-corrected chi connectivity index (χ2v) is 27.4. The van der Waals surface area contributed by atoms with E-state index in [9.17, 15) is 45.6 Å². The molecule has 0 aromatic carbocycles. The van der Waals surface area contributed by atoms with E-state index in [0.29, 0.717) is 12.8 Å². The molecule has 2 fully saturated rings. The lowest BCUT2D eigenvalue weighted by molar-refractivity contribution is -0.359. The summed E-state index contributed by atoms with van der Waals surface area (Å²) < 4.78 is 22.9. The lowest BCUT2D eigenvalue weighted by atomic mass is 9.97. The van der Waals surface area contributed by atoms with E-state index < -0.39 is 86.8 Å². The third-order valence-electron chi connectivity index (χ3n) is 18.5. The number of carbonyl (C=O) groups is 1. The molecule has 2 saturated heterocycles. The van der Waals surface area contributed by atoms with Crippen LogP contribution in [0.3, 0.4) is 0 Å². The summed E-state index contributed by atoms with van der Waals surface area (Å²) >= 11 is 0. The summed E-state index contributed by atoms with van der Waals surface area (Å²) in [5, 5.41) is 87.6. The number of ether oxygens (including phenoxy) is 4. The first-order valence-corrected chi connectivity index (χ1v) is 40.1. The van der Waals surface area contributed by atoms with Gasteiger partial charge in [-0.1, -0.05) is 320 Å². The second kappa shape index (κ2) is 68.0. The van der Waals surface area contributed by atoms with Crippen LogP contribution in [0.2, 0.25) is 0 Å². The number of hydrogen-bond acceptors (Lipinski definition) is 13. The highest BCUT2D eigenvalue weighted by Crippen LogP contribution is 2.30. The molecule has 0 radical (unpaired) electrons. The summed E-state index contributed by atoms with van der Waals surface area (Å²) in [6, 6.07) is -0.952. The molecule has 0 bridgehead atoms. The van der Waals surface area contributed by atoms with Crippen molar-refractivity contribution in [1.29, 1.82) is 0 Å². The summed E-state index contributed by atoms with van der Waals surface area (Å²) in [5.41, 5.74) is 0. The number of nitrogens with one attached hydrogen (secondary N) is 1. The summed E-state index contributed by atoms with van der Waals surface area (Å²) in [7, 11) is 0. The molecular weight excluding hydrogens is 1250 g/mol. The predicted molar refractivity (Wildman–Crippen MR) is 414 cm³/mol. The molecule has 12 unspecified atom stereocenters. The maximum absolute atomic E-state index is 13.4. The molecule has 0 aliphatic carbocycles. The van der Waals surface area contributed by atoms with Gasteiger partial charge in [-0.15, -0.1) is 0 Å². The third-order valence-corrected chi connectivity index (χ3v) is 18.5. The number of allylic oxidation sites excluding steroid dienone is 23. The average Bonchev–Trinajstić information content (AvgIpc) is 0.796. The van der Waals surface area contributed by atoms with Crippen molar-refractivity contribution in [1.82, 2.24) is 5.32 Å². The van der Waals surface area contributed by atoms with Crippen molar-refractivity contribution in [3.63, 3.8) is 0 Å². The Balaban J connectivity index is 1.65. The van der Waals surface area contributed by atoms with Crippen molar-refractivity contribution in [2.75, 3.05) is 19.8 Å². The van der Waals surface area contributed by atoms with Crippen LogP contribution in [0.5, 0.6) is 0 Å². The average molecular weight is 1400 g/mol. The number of aliphatic hydroxyl groups is 8. The van der Waals surface area contributed by atoms with Crippen LogP contribution in [0, 0.1) is 0 Å². The zero-order valence-electron chi connectivity index (χ0n) is 62.6. The van der Waals surface area contributed by atoms with Gasteiger partial charge in [0.05, 0.1) is 32.0 Å². The minimum atomic E-state index is -1.80. The molecule has 9 N–H and O–H groups in total. The zero-order valence-corrected chi connectivity index (χ0v) is 62.6. The molecule has 0 saturated carbocycles. The highest BCUT2D eigenvalue weighted by Gasteiger charge is 2.51. The number of amides is 1. The number of hydrogen-bond donors (Lipinski definition) is 9. The summed E-state index contributed by atoms with van der Waals surface area (Å²) in [4.78, 5) is 13.4. The van der Waals surface area contributed by atoms with Gasteiger partial charge in [0.1, 0.15) is 48.8 Å². The summed E-state index contributed by atoms with van der Waals surface area (Å²) in [6.45, 7) is 2.68. The maximum atomic E-state index is 13.4. The molecule has 0 spiro atoms. The van der Waals surface area contributed by atoms with Crippen LogP contribution in [-0.2, 0) is 23.7 Å². The first-order chi connectivity index (χ1) is 49.1. The van der Waals surface area contributed by atoms with Gasteiger partial charge >= 0.3 is 0 Å². The molecule has 2 aliphatic rings. The van der Waals surface area contributed by atoms with Gasteiger partial charge in [0.25, 0.3) is 0 Å². The van der Waals surface area contributed by atoms with Gasteiger partial charge in [-0.05, 0) is 116 Å². The Morgan fingerprint density at radius 1 is 0.370 bits per heavy atom. The van der Waals surface area contributed by atoms with E-state index in [-0.39, 0.29) is 18.9 Å². The van der Waals surface area contributed by atoms with Crippen LogP contribution in [0.1, 0.15) is 296 Å². The van der Waals surface area contributed by atoms with Gasteiger partial charge < -0.3 is 65.1 Å². The fraction of sp³-hybridized carbons (Fsp3) is 0.709. The molecule has 2 rings (SSSR count). The minimum Gasteiger partial charge on any atom is -0.394 e. The Morgan fingerprint density at radius 2 is 0.700 bits per heavy atom. The van der Waals surface area contributed by atoms with Crippen molar-refractivity contribution >= 4 is 5.91 Å². The van der Waals surface area contributed by atoms with Gasteiger partial charge in [0, 0.05) is 6.42 Å². The quantitative estimate of drug-likeness (QED) is 0.0204. The van der Waals surface area contributed by atoms with Crippen LogP contribution in [0.15, 0.2) is 146 Å². The van der Waals surface area contributed by atoms with E-state index in [4.69, 9.17) is 18.9 Å². The monoisotopic (exact) mass is 1400 g/mol. The van der Waals surface area contributed by atoms with E-state index in [1.54, 1.807) is 6.08 Å². The number of aliphatic hydroxyl groups excluding tert-OH is 8. The molecule has 2 aliphatic heterocycles. The van der Waals surface area contributed by atoms with Crippen LogP contribution < -0.4 is 5.32 Å². The van der Waals surface area contributed by atoms with E-state index >= 15 is 0 Å². The Morgan fingerprint density at radius 3 is 1.10 bits per heavy atom. The Labute approximate surface area is 608 Å². The molecule has 572 valence electrons. The van der Waals surface area contributed by atoms with Gasteiger partial charge in [-0.3, -0.25) is 4.79 Å². The summed E-state index contributed by atoms with van der Waals surface area (Å²) in [6.07, 6.45) is 86.3. The van der Waals surface area contributed by atoms with Gasteiger partial charge in [-0.2, -0.15) is 0 Å². The smallest absolute Gasteiger partial charge is 0.220 e. The van der Waals surface area contributed by atoms with Crippen molar-refractivity contribution in [2.45, 2.75) is 370 Å². The molecule has 100 heavy (non-hydrogen) atoms. The number of rotatable bonds is 65. The molecule has 12 atom stereocenters. The van der Waals surface area contributed by atoms with E-state index in [0.717, 1.165) is 109 Å².